The number of nitrogens with one attached hydrogen (secondary N) is 1. The zero-order valence-electron chi connectivity index (χ0n) is 12.0. The van der Waals surface area contributed by atoms with Gasteiger partial charge >= 0.3 is 0 Å². The molecule has 2 heteroatoms. The Morgan fingerprint density at radius 1 is 1.15 bits per heavy atom. The minimum atomic E-state index is -0.143. The third kappa shape index (κ3) is 2.36. The van der Waals surface area contributed by atoms with E-state index in [0.717, 1.165) is 30.6 Å². The van der Waals surface area contributed by atoms with E-state index in [0.29, 0.717) is 11.5 Å². The fraction of sp³-hybridized carbons (Fsp3) is 0.333. The van der Waals surface area contributed by atoms with Crippen molar-refractivity contribution >= 4 is 0 Å². The van der Waals surface area contributed by atoms with E-state index in [2.05, 4.69) is 31.3 Å². The van der Waals surface area contributed by atoms with E-state index < -0.39 is 0 Å². The van der Waals surface area contributed by atoms with Gasteiger partial charge in [0.05, 0.1) is 0 Å². The number of hydrogen-bond acceptors (Lipinski definition) is 1. The predicted octanol–water partition coefficient (Wildman–Crippen LogP) is 4.05. The van der Waals surface area contributed by atoms with Crippen molar-refractivity contribution in [2.24, 2.45) is 0 Å². The zero-order valence-corrected chi connectivity index (χ0v) is 12.0. The average Bonchev–Trinajstić information content (AvgIpc) is 2.61. The van der Waals surface area contributed by atoms with E-state index in [9.17, 15) is 4.39 Å². The lowest BCUT2D eigenvalue weighted by Crippen LogP contribution is -2.18. The Morgan fingerprint density at radius 2 is 1.95 bits per heavy atom. The molecule has 3 rings (SSSR count). The summed E-state index contributed by atoms with van der Waals surface area (Å²) in [4.78, 5) is 0. The fourth-order valence-electron chi connectivity index (χ4n) is 3.07. The Hall–Kier alpha value is -1.67. The van der Waals surface area contributed by atoms with Gasteiger partial charge in [-0.25, -0.2) is 4.39 Å². The molecule has 2 aromatic rings. The van der Waals surface area contributed by atoms with Crippen LogP contribution in [0, 0.1) is 12.7 Å². The average molecular weight is 269 g/mol. The molecule has 0 radical (unpaired) electrons. The lowest BCUT2D eigenvalue weighted by molar-refractivity contribution is 0.631. The summed E-state index contributed by atoms with van der Waals surface area (Å²) in [6, 6.07) is 11.5. The maximum atomic E-state index is 14.0. The lowest BCUT2D eigenvalue weighted by atomic mass is 9.88. The molecule has 0 saturated heterocycles. The van der Waals surface area contributed by atoms with Crippen LogP contribution in [0.4, 0.5) is 4.39 Å². The first-order valence-electron chi connectivity index (χ1n) is 7.26. The number of benzene rings is 2. The molecular weight excluding hydrogens is 249 g/mol. The van der Waals surface area contributed by atoms with Crippen molar-refractivity contribution < 1.29 is 4.39 Å². The molecule has 1 heterocycles. The Balaban J connectivity index is 2.15. The molecule has 104 valence electrons. The summed E-state index contributed by atoms with van der Waals surface area (Å²) in [6.07, 6.45) is 1.02. The summed E-state index contributed by atoms with van der Waals surface area (Å²) in [5, 5.41) is 3.46. The van der Waals surface area contributed by atoms with Crippen LogP contribution in [0.2, 0.25) is 0 Å². The van der Waals surface area contributed by atoms with Gasteiger partial charge in [-0.15, -0.1) is 0 Å². The van der Waals surface area contributed by atoms with Crippen molar-refractivity contribution in [3.8, 4) is 11.1 Å². The van der Waals surface area contributed by atoms with Crippen LogP contribution in [0.1, 0.15) is 29.5 Å². The van der Waals surface area contributed by atoms with Crippen LogP contribution in [0.3, 0.4) is 0 Å². The molecular formula is C18H20FN. The van der Waals surface area contributed by atoms with Gasteiger partial charge in [0.1, 0.15) is 5.82 Å². The van der Waals surface area contributed by atoms with Crippen LogP contribution in [-0.4, -0.2) is 13.1 Å². The van der Waals surface area contributed by atoms with Crippen molar-refractivity contribution in [1.29, 1.82) is 0 Å². The molecule has 0 fully saturated rings. The summed E-state index contributed by atoms with van der Waals surface area (Å²) >= 11 is 0. The summed E-state index contributed by atoms with van der Waals surface area (Å²) in [5.74, 6) is 0.371. The fourth-order valence-corrected chi connectivity index (χ4v) is 3.07. The first kappa shape index (κ1) is 13.3. The van der Waals surface area contributed by atoms with Gasteiger partial charge < -0.3 is 5.32 Å². The third-order valence-corrected chi connectivity index (χ3v) is 4.20. The van der Waals surface area contributed by atoms with E-state index in [1.807, 2.05) is 12.1 Å². The van der Waals surface area contributed by atoms with Crippen molar-refractivity contribution in [3.05, 3.63) is 58.9 Å². The van der Waals surface area contributed by atoms with Gasteiger partial charge in [-0.1, -0.05) is 37.3 Å². The van der Waals surface area contributed by atoms with Gasteiger partial charge in [-0.3, -0.25) is 0 Å². The molecule has 1 nitrogen and oxygen atoms in total. The second-order valence-electron chi connectivity index (χ2n) is 5.70. The van der Waals surface area contributed by atoms with Crippen LogP contribution in [0.5, 0.6) is 0 Å². The van der Waals surface area contributed by atoms with Crippen LogP contribution >= 0.6 is 0 Å². The lowest BCUT2D eigenvalue weighted by Gasteiger charge is -2.16. The smallest absolute Gasteiger partial charge is 0.131 e. The van der Waals surface area contributed by atoms with Gasteiger partial charge in [-0.2, -0.15) is 0 Å². The second kappa shape index (κ2) is 5.37. The van der Waals surface area contributed by atoms with Gasteiger partial charge in [0, 0.05) is 12.1 Å². The number of aryl methyl sites for hydroxylation is 1. The maximum Gasteiger partial charge on any atom is 0.131 e. The minimum Gasteiger partial charge on any atom is -0.316 e. The molecule has 1 aliphatic heterocycles. The highest BCUT2D eigenvalue weighted by Crippen LogP contribution is 2.32. The normalized spacial score (nSPS) is 18.4. The van der Waals surface area contributed by atoms with E-state index in [4.69, 9.17) is 0 Å². The highest BCUT2D eigenvalue weighted by atomic mass is 19.1. The quantitative estimate of drug-likeness (QED) is 0.823. The summed E-state index contributed by atoms with van der Waals surface area (Å²) < 4.78 is 14.0. The molecule has 0 saturated carbocycles. The Morgan fingerprint density at radius 3 is 2.75 bits per heavy atom. The van der Waals surface area contributed by atoms with Crippen LogP contribution in [0.25, 0.3) is 11.1 Å². The summed E-state index contributed by atoms with van der Waals surface area (Å²) in [7, 11) is 0. The molecule has 1 unspecified atom stereocenters. The SMILES string of the molecule is Cc1cc2c(cc1-c1ccccc1F)CCNCC2C. The van der Waals surface area contributed by atoms with E-state index in [1.54, 1.807) is 6.07 Å². The van der Waals surface area contributed by atoms with Gasteiger partial charge in [0.15, 0.2) is 0 Å². The maximum absolute atomic E-state index is 14.0. The van der Waals surface area contributed by atoms with Gasteiger partial charge in [-0.05, 0) is 54.1 Å². The topological polar surface area (TPSA) is 12.0 Å². The Kier molecular flexibility index (Phi) is 3.58. The first-order valence-corrected chi connectivity index (χ1v) is 7.26. The summed E-state index contributed by atoms with van der Waals surface area (Å²) in [5.41, 5.74) is 5.65. The molecule has 2 aromatic carbocycles. The highest BCUT2D eigenvalue weighted by molar-refractivity contribution is 5.69. The zero-order chi connectivity index (χ0) is 14.1. The standard InChI is InChI=1S/C18H20FN/c1-12-9-16-13(2)11-20-8-7-14(16)10-17(12)15-5-3-4-6-18(15)19/h3-6,9-10,13,20H,7-8,11H2,1-2H3. The molecule has 0 amide bonds. The predicted molar refractivity (Wildman–Crippen MR) is 81.6 cm³/mol. The first-order chi connectivity index (χ1) is 9.66. The van der Waals surface area contributed by atoms with E-state index in [1.165, 1.54) is 17.2 Å². The monoisotopic (exact) mass is 269 g/mol. The van der Waals surface area contributed by atoms with Crippen molar-refractivity contribution in [3.63, 3.8) is 0 Å². The van der Waals surface area contributed by atoms with Gasteiger partial charge in [0.2, 0.25) is 0 Å². The molecule has 0 spiro atoms. The van der Waals surface area contributed by atoms with Crippen molar-refractivity contribution in [2.45, 2.75) is 26.2 Å². The second-order valence-corrected chi connectivity index (χ2v) is 5.70. The molecule has 1 N–H and O–H groups in total. The Bertz CT molecular complexity index is 633. The van der Waals surface area contributed by atoms with Gasteiger partial charge in [0.25, 0.3) is 0 Å². The minimum absolute atomic E-state index is 0.143. The number of fused-ring (bicyclic) bond motifs is 1. The van der Waals surface area contributed by atoms with Crippen molar-refractivity contribution in [2.75, 3.05) is 13.1 Å². The molecule has 0 aromatic heterocycles. The highest BCUT2D eigenvalue weighted by Gasteiger charge is 2.17. The summed E-state index contributed by atoms with van der Waals surface area (Å²) in [6.45, 7) is 6.34. The molecule has 1 aliphatic rings. The van der Waals surface area contributed by atoms with E-state index in [-0.39, 0.29) is 5.82 Å². The Labute approximate surface area is 119 Å². The molecule has 1 atom stereocenters. The van der Waals surface area contributed by atoms with Crippen molar-refractivity contribution in [1.82, 2.24) is 5.32 Å². The molecule has 20 heavy (non-hydrogen) atoms. The number of hydrogen-bond donors (Lipinski definition) is 1. The van der Waals surface area contributed by atoms with Crippen LogP contribution in [0.15, 0.2) is 36.4 Å². The molecule has 0 aliphatic carbocycles. The number of halogens is 1. The van der Waals surface area contributed by atoms with Crippen LogP contribution < -0.4 is 5.32 Å². The largest absolute Gasteiger partial charge is 0.316 e. The van der Waals surface area contributed by atoms with Crippen LogP contribution in [-0.2, 0) is 6.42 Å². The third-order valence-electron chi connectivity index (χ3n) is 4.20. The number of rotatable bonds is 1. The van der Waals surface area contributed by atoms with E-state index >= 15 is 0 Å². The molecule has 0 bridgehead atoms.